The van der Waals surface area contributed by atoms with Crippen LogP contribution in [-0.4, -0.2) is 12.7 Å². The van der Waals surface area contributed by atoms with Crippen molar-refractivity contribution in [1.82, 2.24) is 0 Å². The first-order valence-electron chi connectivity index (χ1n) is 6.58. The Bertz CT molecular complexity index is 663. The lowest BCUT2D eigenvalue weighted by Crippen LogP contribution is -2.22. The van der Waals surface area contributed by atoms with Gasteiger partial charge in [0.05, 0.1) is 5.02 Å². The van der Waals surface area contributed by atoms with E-state index in [9.17, 15) is 4.39 Å². The molecule has 0 spiro atoms. The lowest BCUT2D eigenvalue weighted by Gasteiger charge is -2.13. The Hall–Kier alpha value is -1.26. The predicted molar refractivity (Wildman–Crippen MR) is 84.1 cm³/mol. The predicted octanol–water partition coefficient (Wildman–Crippen LogP) is 4.76. The van der Waals surface area contributed by atoms with Gasteiger partial charge in [-0.2, -0.15) is 0 Å². The van der Waals surface area contributed by atoms with Crippen LogP contribution in [0.15, 0.2) is 36.4 Å². The molecule has 1 atom stereocenters. The summed E-state index contributed by atoms with van der Waals surface area (Å²) < 4.78 is 24.6. The monoisotopic (exact) mass is 370 g/mol. The third-order valence-corrected chi connectivity index (χ3v) is 4.28. The van der Waals surface area contributed by atoms with Crippen molar-refractivity contribution in [2.45, 2.75) is 17.9 Å². The number of halogens is 3. The van der Waals surface area contributed by atoms with E-state index in [0.29, 0.717) is 23.8 Å². The van der Waals surface area contributed by atoms with Gasteiger partial charge in [-0.05, 0) is 35.9 Å². The van der Waals surface area contributed by atoms with E-state index in [1.54, 1.807) is 6.07 Å². The molecule has 5 heteroatoms. The van der Waals surface area contributed by atoms with Crippen LogP contribution in [-0.2, 0) is 11.8 Å². The zero-order valence-electron chi connectivity index (χ0n) is 11.1. The van der Waals surface area contributed by atoms with E-state index in [1.165, 1.54) is 12.1 Å². The SMILES string of the molecule is Fc1ccc2c(c1)CC(COc1ccc(CBr)cc1Cl)O2. The number of ether oxygens (including phenoxy) is 2. The maximum absolute atomic E-state index is 13.2. The van der Waals surface area contributed by atoms with E-state index < -0.39 is 0 Å². The van der Waals surface area contributed by atoms with E-state index in [4.69, 9.17) is 21.1 Å². The van der Waals surface area contributed by atoms with E-state index in [1.807, 2.05) is 18.2 Å². The van der Waals surface area contributed by atoms with Gasteiger partial charge in [0, 0.05) is 17.3 Å². The molecule has 1 heterocycles. The van der Waals surface area contributed by atoms with Crippen LogP contribution < -0.4 is 9.47 Å². The molecule has 0 saturated heterocycles. The first kappa shape index (κ1) is 14.7. The highest BCUT2D eigenvalue weighted by Gasteiger charge is 2.24. The van der Waals surface area contributed by atoms with Gasteiger partial charge in [0.1, 0.15) is 30.0 Å². The molecule has 2 nitrogen and oxygen atoms in total. The summed E-state index contributed by atoms with van der Waals surface area (Å²) in [6.07, 6.45) is 0.526. The molecule has 3 rings (SSSR count). The zero-order valence-corrected chi connectivity index (χ0v) is 13.5. The summed E-state index contributed by atoms with van der Waals surface area (Å²) in [6.45, 7) is 0.379. The summed E-state index contributed by atoms with van der Waals surface area (Å²) >= 11 is 9.55. The highest BCUT2D eigenvalue weighted by atomic mass is 79.9. The van der Waals surface area contributed by atoms with Crippen LogP contribution in [0.4, 0.5) is 4.39 Å². The summed E-state index contributed by atoms with van der Waals surface area (Å²) in [5, 5.41) is 1.33. The molecule has 0 amide bonds. The van der Waals surface area contributed by atoms with Crippen molar-refractivity contribution in [2.24, 2.45) is 0 Å². The molecule has 110 valence electrons. The van der Waals surface area contributed by atoms with E-state index >= 15 is 0 Å². The molecule has 0 saturated carbocycles. The second-order valence-corrected chi connectivity index (χ2v) is 5.87. The molecule has 0 aliphatic carbocycles. The Balaban J connectivity index is 1.62. The first-order valence-corrected chi connectivity index (χ1v) is 8.08. The molecule has 1 aliphatic heterocycles. The lowest BCUT2D eigenvalue weighted by atomic mass is 10.1. The highest BCUT2D eigenvalue weighted by molar-refractivity contribution is 9.08. The van der Waals surface area contributed by atoms with Crippen LogP contribution in [0.1, 0.15) is 11.1 Å². The summed E-state index contributed by atoms with van der Waals surface area (Å²) in [5.41, 5.74) is 1.97. The average molecular weight is 372 g/mol. The Morgan fingerprint density at radius 2 is 2.14 bits per heavy atom. The van der Waals surface area contributed by atoms with Crippen LogP contribution in [0.5, 0.6) is 11.5 Å². The molecule has 21 heavy (non-hydrogen) atoms. The van der Waals surface area contributed by atoms with Crippen molar-refractivity contribution in [3.05, 3.63) is 58.4 Å². The molecule has 0 N–H and O–H groups in total. The molecule has 0 fully saturated rings. The highest BCUT2D eigenvalue weighted by Crippen LogP contribution is 2.31. The minimum absolute atomic E-state index is 0.117. The van der Waals surface area contributed by atoms with E-state index in [2.05, 4.69) is 15.9 Å². The molecular formula is C16H13BrClFO2. The summed E-state index contributed by atoms with van der Waals surface area (Å²) in [5.74, 6) is 1.12. The maximum atomic E-state index is 13.2. The van der Waals surface area contributed by atoms with Crippen molar-refractivity contribution >= 4 is 27.5 Å². The van der Waals surface area contributed by atoms with Crippen LogP contribution in [0.2, 0.25) is 5.02 Å². The van der Waals surface area contributed by atoms with Crippen molar-refractivity contribution in [2.75, 3.05) is 6.61 Å². The number of alkyl halides is 1. The van der Waals surface area contributed by atoms with Gasteiger partial charge in [-0.1, -0.05) is 33.6 Å². The normalized spacial score (nSPS) is 16.4. The van der Waals surface area contributed by atoms with Gasteiger partial charge in [-0.3, -0.25) is 0 Å². The fraction of sp³-hybridized carbons (Fsp3) is 0.250. The molecule has 0 bridgehead atoms. The fourth-order valence-electron chi connectivity index (χ4n) is 2.31. The number of hydrogen-bond acceptors (Lipinski definition) is 2. The van der Waals surface area contributed by atoms with Gasteiger partial charge < -0.3 is 9.47 Å². The maximum Gasteiger partial charge on any atom is 0.138 e. The molecule has 2 aromatic carbocycles. The quantitative estimate of drug-likeness (QED) is 0.722. The number of hydrogen-bond donors (Lipinski definition) is 0. The minimum Gasteiger partial charge on any atom is -0.488 e. The topological polar surface area (TPSA) is 18.5 Å². The lowest BCUT2D eigenvalue weighted by molar-refractivity contribution is 0.148. The largest absolute Gasteiger partial charge is 0.488 e. The third-order valence-electron chi connectivity index (χ3n) is 3.34. The number of fused-ring (bicyclic) bond motifs is 1. The van der Waals surface area contributed by atoms with Crippen molar-refractivity contribution in [1.29, 1.82) is 0 Å². The Morgan fingerprint density at radius 1 is 1.29 bits per heavy atom. The van der Waals surface area contributed by atoms with E-state index in [0.717, 1.165) is 22.2 Å². The average Bonchev–Trinajstić information content (AvgIpc) is 2.87. The van der Waals surface area contributed by atoms with Crippen molar-refractivity contribution in [3.8, 4) is 11.5 Å². The minimum atomic E-state index is -0.243. The van der Waals surface area contributed by atoms with Crippen LogP contribution >= 0.6 is 27.5 Å². The third kappa shape index (κ3) is 3.33. The second kappa shape index (κ2) is 6.24. The van der Waals surface area contributed by atoms with Gasteiger partial charge in [-0.25, -0.2) is 4.39 Å². The van der Waals surface area contributed by atoms with Crippen LogP contribution in [0.3, 0.4) is 0 Å². The van der Waals surface area contributed by atoms with Gasteiger partial charge in [-0.15, -0.1) is 0 Å². The summed E-state index contributed by atoms with van der Waals surface area (Å²) in [4.78, 5) is 0. The zero-order chi connectivity index (χ0) is 14.8. The van der Waals surface area contributed by atoms with E-state index in [-0.39, 0.29) is 11.9 Å². The van der Waals surface area contributed by atoms with Gasteiger partial charge in [0.2, 0.25) is 0 Å². The standard InChI is InChI=1S/C16H13BrClFO2/c17-8-10-1-3-16(14(18)5-10)20-9-13-7-11-6-12(19)2-4-15(11)21-13/h1-6,13H,7-9H2. The fourth-order valence-corrected chi connectivity index (χ4v) is 2.92. The Kier molecular flexibility index (Phi) is 4.36. The molecule has 0 radical (unpaired) electrons. The van der Waals surface area contributed by atoms with Gasteiger partial charge in [0.15, 0.2) is 0 Å². The first-order chi connectivity index (χ1) is 10.2. The van der Waals surface area contributed by atoms with Crippen LogP contribution in [0.25, 0.3) is 0 Å². The Labute approximate surface area is 136 Å². The molecule has 1 unspecified atom stereocenters. The second-order valence-electron chi connectivity index (χ2n) is 4.91. The van der Waals surface area contributed by atoms with Crippen molar-refractivity contribution < 1.29 is 13.9 Å². The molecule has 1 aliphatic rings. The number of rotatable bonds is 4. The molecule has 0 aromatic heterocycles. The summed E-state index contributed by atoms with van der Waals surface area (Å²) in [6, 6.07) is 10.2. The smallest absolute Gasteiger partial charge is 0.138 e. The molecule has 2 aromatic rings. The summed E-state index contributed by atoms with van der Waals surface area (Å²) in [7, 11) is 0. The van der Waals surface area contributed by atoms with Crippen LogP contribution in [0, 0.1) is 5.82 Å². The van der Waals surface area contributed by atoms with Crippen molar-refractivity contribution in [3.63, 3.8) is 0 Å². The van der Waals surface area contributed by atoms with Gasteiger partial charge in [0.25, 0.3) is 0 Å². The molecular weight excluding hydrogens is 359 g/mol. The number of benzene rings is 2. The van der Waals surface area contributed by atoms with Gasteiger partial charge >= 0.3 is 0 Å². The Morgan fingerprint density at radius 3 is 2.90 bits per heavy atom.